The summed E-state index contributed by atoms with van der Waals surface area (Å²) in [5, 5.41) is 3.15. The van der Waals surface area contributed by atoms with Crippen LogP contribution >= 0.6 is 12.6 Å². The van der Waals surface area contributed by atoms with Crippen LogP contribution in [0, 0.1) is 0 Å². The highest BCUT2D eigenvalue weighted by Gasteiger charge is 2.00. The van der Waals surface area contributed by atoms with Crippen LogP contribution in [0.15, 0.2) is 36.0 Å². The van der Waals surface area contributed by atoms with Crippen molar-refractivity contribution in [3.8, 4) is 0 Å². The molecule has 1 N–H and O–H groups in total. The third-order valence-corrected chi connectivity index (χ3v) is 2.44. The number of benzene rings is 1. The molecule has 0 bridgehead atoms. The molecule has 1 aromatic carbocycles. The zero-order valence-corrected chi connectivity index (χ0v) is 8.94. The Hall–Kier alpha value is -0.890. The van der Waals surface area contributed by atoms with Crippen molar-refractivity contribution in [3.63, 3.8) is 0 Å². The number of hydrogen-bond acceptors (Lipinski definition) is 2. The number of allylic oxidation sites excluding steroid dienone is 1. The van der Waals surface area contributed by atoms with E-state index in [9.17, 15) is 0 Å². The summed E-state index contributed by atoms with van der Waals surface area (Å²) in [6.45, 7) is 2.11. The van der Waals surface area contributed by atoms with E-state index < -0.39 is 0 Å². The molecule has 0 amide bonds. The summed E-state index contributed by atoms with van der Waals surface area (Å²) < 4.78 is 0. The van der Waals surface area contributed by atoms with Crippen molar-refractivity contribution in [2.45, 2.75) is 6.92 Å². The fraction of sp³-hybridized carbons (Fsp3) is 0.273. The van der Waals surface area contributed by atoms with Gasteiger partial charge in [-0.2, -0.15) is 12.6 Å². The van der Waals surface area contributed by atoms with Gasteiger partial charge in [0.2, 0.25) is 0 Å². The molecule has 0 heterocycles. The average Bonchev–Trinajstić information content (AvgIpc) is 2.21. The standard InChI is InChI=1S/C11H15NS/c1-9(11(8-13)12-2)10-6-4-3-5-7-10/h3-7,12-13H,8H2,1-2H3/b11-9+. The molecule has 0 aliphatic rings. The Morgan fingerprint density at radius 3 is 2.38 bits per heavy atom. The second kappa shape index (κ2) is 4.97. The monoisotopic (exact) mass is 193 g/mol. The molecule has 1 rings (SSSR count). The van der Waals surface area contributed by atoms with E-state index in [4.69, 9.17) is 0 Å². The quantitative estimate of drug-likeness (QED) is 0.703. The molecule has 0 unspecified atom stereocenters. The summed E-state index contributed by atoms with van der Waals surface area (Å²) >= 11 is 4.26. The highest BCUT2D eigenvalue weighted by molar-refractivity contribution is 7.80. The van der Waals surface area contributed by atoms with Gasteiger partial charge in [0.15, 0.2) is 0 Å². The van der Waals surface area contributed by atoms with Gasteiger partial charge in [-0.1, -0.05) is 30.3 Å². The van der Waals surface area contributed by atoms with Gasteiger partial charge in [0.25, 0.3) is 0 Å². The van der Waals surface area contributed by atoms with Crippen molar-refractivity contribution in [3.05, 3.63) is 41.6 Å². The Bertz CT molecular complexity index is 284. The van der Waals surface area contributed by atoms with Gasteiger partial charge in [0.1, 0.15) is 0 Å². The summed E-state index contributed by atoms with van der Waals surface area (Å²) in [6, 6.07) is 10.3. The molecule has 0 atom stereocenters. The first-order valence-corrected chi connectivity index (χ1v) is 4.96. The van der Waals surface area contributed by atoms with Gasteiger partial charge in [-0.15, -0.1) is 0 Å². The molecule has 0 radical (unpaired) electrons. The van der Waals surface area contributed by atoms with Crippen LogP contribution in [0.2, 0.25) is 0 Å². The normalized spacial score (nSPS) is 12.2. The minimum Gasteiger partial charge on any atom is -0.391 e. The van der Waals surface area contributed by atoms with Crippen LogP contribution in [0.1, 0.15) is 12.5 Å². The Kier molecular flexibility index (Phi) is 3.90. The SMILES string of the molecule is CN/C(CS)=C(\C)c1ccccc1. The second-order valence-electron chi connectivity index (χ2n) is 2.88. The number of thiol groups is 1. The minimum absolute atomic E-state index is 0.747. The van der Waals surface area contributed by atoms with Crippen LogP contribution in [-0.4, -0.2) is 12.8 Å². The first-order chi connectivity index (χ1) is 6.29. The van der Waals surface area contributed by atoms with Crippen LogP contribution in [-0.2, 0) is 0 Å². The lowest BCUT2D eigenvalue weighted by Gasteiger charge is -2.09. The summed E-state index contributed by atoms with van der Waals surface area (Å²) in [5.74, 6) is 0.747. The molecule has 0 aliphatic heterocycles. The van der Waals surface area contributed by atoms with E-state index in [1.165, 1.54) is 16.8 Å². The average molecular weight is 193 g/mol. The third-order valence-electron chi connectivity index (χ3n) is 2.12. The molecule has 0 fully saturated rings. The lowest BCUT2D eigenvalue weighted by atomic mass is 10.1. The van der Waals surface area contributed by atoms with Crippen LogP contribution < -0.4 is 5.32 Å². The smallest absolute Gasteiger partial charge is 0.0305 e. The van der Waals surface area contributed by atoms with E-state index in [1.54, 1.807) is 0 Å². The molecule has 1 nitrogen and oxygen atoms in total. The molecule has 13 heavy (non-hydrogen) atoms. The van der Waals surface area contributed by atoms with Crippen LogP contribution in [0.25, 0.3) is 5.57 Å². The summed E-state index contributed by atoms with van der Waals surface area (Å²) in [5.41, 5.74) is 3.69. The van der Waals surface area contributed by atoms with Crippen molar-refractivity contribution in [1.82, 2.24) is 5.32 Å². The molecular formula is C11H15NS. The molecule has 70 valence electrons. The Balaban J connectivity index is 3.01. The van der Waals surface area contributed by atoms with E-state index >= 15 is 0 Å². The Labute approximate surface area is 85.3 Å². The Morgan fingerprint density at radius 1 is 1.31 bits per heavy atom. The molecule has 0 saturated carbocycles. The highest BCUT2D eigenvalue weighted by Crippen LogP contribution is 2.16. The number of hydrogen-bond donors (Lipinski definition) is 2. The van der Waals surface area contributed by atoms with Gasteiger partial charge in [0, 0.05) is 18.5 Å². The van der Waals surface area contributed by atoms with Crippen LogP contribution in [0.3, 0.4) is 0 Å². The molecule has 1 aromatic rings. The maximum Gasteiger partial charge on any atom is 0.0305 e. The summed E-state index contributed by atoms with van der Waals surface area (Å²) in [4.78, 5) is 0. The zero-order valence-electron chi connectivity index (χ0n) is 8.04. The topological polar surface area (TPSA) is 12.0 Å². The van der Waals surface area contributed by atoms with Gasteiger partial charge in [-0.3, -0.25) is 0 Å². The van der Waals surface area contributed by atoms with E-state index in [0.29, 0.717) is 0 Å². The number of nitrogens with one attached hydrogen (secondary N) is 1. The summed E-state index contributed by atoms with van der Waals surface area (Å²) in [7, 11) is 1.93. The lowest BCUT2D eigenvalue weighted by molar-refractivity contribution is 0.999. The van der Waals surface area contributed by atoms with Gasteiger partial charge in [-0.05, 0) is 18.1 Å². The molecule has 0 aliphatic carbocycles. The largest absolute Gasteiger partial charge is 0.391 e. The van der Waals surface area contributed by atoms with Gasteiger partial charge in [0.05, 0.1) is 0 Å². The van der Waals surface area contributed by atoms with Crippen LogP contribution in [0.4, 0.5) is 0 Å². The van der Waals surface area contributed by atoms with Crippen molar-refractivity contribution in [2.75, 3.05) is 12.8 Å². The summed E-state index contributed by atoms with van der Waals surface area (Å²) in [6.07, 6.45) is 0. The van der Waals surface area contributed by atoms with Gasteiger partial charge >= 0.3 is 0 Å². The Morgan fingerprint density at radius 2 is 1.92 bits per heavy atom. The van der Waals surface area contributed by atoms with E-state index in [2.05, 4.69) is 37.0 Å². The van der Waals surface area contributed by atoms with Crippen molar-refractivity contribution >= 4 is 18.2 Å². The van der Waals surface area contributed by atoms with Crippen molar-refractivity contribution in [1.29, 1.82) is 0 Å². The van der Waals surface area contributed by atoms with E-state index in [-0.39, 0.29) is 0 Å². The predicted octanol–water partition coefficient (Wildman–Crippen LogP) is 2.57. The number of rotatable bonds is 3. The first kappa shape index (κ1) is 10.2. The molecule has 0 spiro atoms. The molecule has 0 saturated heterocycles. The van der Waals surface area contributed by atoms with Crippen molar-refractivity contribution in [2.24, 2.45) is 0 Å². The fourth-order valence-electron chi connectivity index (χ4n) is 1.25. The van der Waals surface area contributed by atoms with E-state index in [1.807, 2.05) is 25.2 Å². The molecule has 0 aromatic heterocycles. The van der Waals surface area contributed by atoms with E-state index in [0.717, 1.165) is 5.75 Å². The third kappa shape index (κ3) is 2.52. The lowest BCUT2D eigenvalue weighted by Crippen LogP contribution is -2.09. The second-order valence-corrected chi connectivity index (χ2v) is 3.19. The zero-order chi connectivity index (χ0) is 9.68. The first-order valence-electron chi connectivity index (χ1n) is 4.33. The predicted molar refractivity (Wildman–Crippen MR) is 61.9 cm³/mol. The highest BCUT2D eigenvalue weighted by atomic mass is 32.1. The van der Waals surface area contributed by atoms with Gasteiger partial charge < -0.3 is 5.32 Å². The maximum atomic E-state index is 4.26. The molecule has 2 heteroatoms. The fourth-order valence-corrected chi connectivity index (χ4v) is 1.64. The van der Waals surface area contributed by atoms with Crippen LogP contribution in [0.5, 0.6) is 0 Å². The van der Waals surface area contributed by atoms with Crippen molar-refractivity contribution < 1.29 is 0 Å². The minimum atomic E-state index is 0.747. The molecular weight excluding hydrogens is 178 g/mol. The van der Waals surface area contributed by atoms with Gasteiger partial charge in [-0.25, -0.2) is 0 Å². The maximum absolute atomic E-state index is 4.26.